The summed E-state index contributed by atoms with van der Waals surface area (Å²) in [5.41, 5.74) is 7.39. The fourth-order valence-electron chi connectivity index (χ4n) is 3.51. The van der Waals surface area contributed by atoms with Crippen molar-refractivity contribution in [2.75, 3.05) is 13.7 Å². The van der Waals surface area contributed by atoms with Crippen LogP contribution in [0.3, 0.4) is 0 Å². The molecule has 0 amide bonds. The van der Waals surface area contributed by atoms with Crippen LogP contribution < -0.4 is 10.5 Å². The Kier molecular flexibility index (Phi) is 1.88. The molecule has 0 atom stereocenters. The summed E-state index contributed by atoms with van der Waals surface area (Å²) in [6.45, 7) is 0.765. The highest BCUT2D eigenvalue weighted by Crippen LogP contribution is 2.73. The second kappa shape index (κ2) is 2.98. The molecule has 0 unspecified atom stereocenters. The van der Waals surface area contributed by atoms with Crippen molar-refractivity contribution in [1.82, 2.24) is 0 Å². The van der Waals surface area contributed by atoms with Gasteiger partial charge in [0.15, 0.2) is 0 Å². The number of rotatable bonds is 3. The van der Waals surface area contributed by atoms with Gasteiger partial charge in [0, 0.05) is 6.07 Å². The van der Waals surface area contributed by atoms with Crippen LogP contribution >= 0.6 is 0 Å². The number of nitrogens with two attached hydrogens (primary N) is 1. The zero-order chi connectivity index (χ0) is 11.4. The predicted octanol–water partition coefficient (Wildman–Crippen LogP) is 2.21. The van der Waals surface area contributed by atoms with E-state index in [9.17, 15) is 4.39 Å². The van der Waals surface area contributed by atoms with Crippen LogP contribution in [0.5, 0.6) is 5.75 Å². The molecule has 3 aliphatic rings. The van der Waals surface area contributed by atoms with E-state index in [0.29, 0.717) is 11.2 Å². The zero-order valence-corrected chi connectivity index (χ0v) is 9.42. The molecule has 3 fully saturated rings. The summed E-state index contributed by atoms with van der Waals surface area (Å²) in [5, 5.41) is 0. The minimum absolute atomic E-state index is 0.203. The molecule has 0 aromatic heterocycles. The minimum Gasteiger partial charge on any atom is -0.497 e. The van der Waals surface area contributed by atoms with E-state index in [0.717, 1.165) is 31.4 Å². The SMILES string of the molecule is COc1cc(F)cc(C23CC(CN)(C2)C3)c1. The molecule has 16 heavy (non-hydrogen) atoms. The van der Waals surface area contributed by atoms with Gasteiger partial charge in [0.05, 0.1) is 7.11 Å². The normalized spacial score (nSPS) is 35.2. The Hall–Kier alpha value is -1.09. The second-order valence-electron chi connectivity index (χ2n) is 5.39. The summed E-state index contributed by atoms with van der Waals surface area (Å²) >= 11 is 0. The average molecular weight is 221 g/mol. The molecular formula is C13H16FNO. The first-order valence-corrected chi connectivity index (χ1v) is 5.67. The molecule has 0 saturated heterocycles. The molecule has 0 heterocycles. The third-order valence-corrected chi connectivity index (χ3v) is 4.29. The second-order valence-corrected chi connectivity index (χ2v) is 5.39. The van der Waals surface area contributed by atoms with Crippen LogP contribution in [0.2, 0.25) is 0 Å². The standard InChI is InChI=1S/C13H16FNO/c1-16-11-3-9(2-10(14)4-11)13-5-12(6-13,7-13)8-15/h2-4H,5-8,15H2,1H3. The highest BCUT2D eigenvalue weighted by Gasteiger charge is 2.67. The van der Waals surface area contributed by atoms with Gasteiger partial charge < -0.3 is 10.5 Å². The van der Waals surface area contributed by atoms with E-state index in [1.807, 2.05) is 6.07 Å². The molecule has 3 aliphatic carbocycles. The lowest BCUT2D eigenvalue weighted by molar-refractivity contribution is -0.132. The van der Waals surface area contributed by atoms with Crippen molar-refractivity contribution >= 4 is 0 Å². The molecule has 1 aromatic carbocycles. The van der Waals surface area contributed by atoms with Crippen molar-refractivity contribution in [2.45, 2.75) is 24.7 Å². The Morgan fingerprint density at radius 1 is 1.31 bits per heavy atom. The maximum Gasteiger partial charge on any atom is 0.127 e. The third kappa shape index (κ3) is 1.15. The van der Waals surface area contributed by atoms with E-state index >= 15 is 0 Å². The summed E-state index contributed by atoms with van der Waals surface area (Å²) in [5.74, 6) is 0.405. The summed E-state index contributed by atoms with van der Waals surface area (Å²) in [7, 11) is 1.57. The largest absolute Gasteiger partial charge is 0.497 e. The van der Waals surface area contributed by atoms with Crippen LogP contribution in [-0.2, 0) is 5.41 Å². The lowest BCUT2D eigenvalue weighted by atomic mass is 9.33. The smallest absolute Gasteiger partial charge is 0.127 e. The number of halogens is 1. The lowest BCUT2D eigenvalue weighted by Crippen LogP contribution is -2.67. The van der Waals surface area contributed by atoms with Crippen molar-refractivity contribution in [1.29, 1.82) is 0 Å². The van der Waals surface area contributed by atoms with Gasteiger partial charge in [0.2, 0.25) is 0 Å². The van der Waals surface area contributed by atoms with Crippen LogP contribution in [0.15, 0.2) is 18.2 Å². The summed E-state index contributed by atoms with van der Waals surface area (Å²) in [6, 6.07) is 5.03. The first-order valence-electron chi connectivity index (χ1n) is 5.67. The molecule has 0 radical (unpaired) electrons. The van der Waals surface area contributed by atoms with Crippen LogP contribution in [0.4, 0.5) is 4.39 Å². The van der Waals surface area contributed by atoms with Gasteiger partial charge in [-0.3, -0.25) is 0 Å². The van der Waals surface area contributed by atoms with Gasteiger partial charge in [0.25, 0.3) is 0 Å². The van der Waals surface area contributed by atoms with Crippen LogP contribution in [0, 0.1) is 11.2 Å². The van der Waals surface area contributed by atoms with Gasteiger partial charge in [-0.15, -0.1) is 0 Å². The Morgan fingerprint density at radius 3 is 2.56 bits per heavy atom. The Morgan fingerprint density at radius 2 is 2.00 bits per heavy atom. The van der Waals surface area contributed by atoms with Gasteiger partial charge in [-0.2, -0.15) is 0 Å². The quantitative estimate of drug-likeness (QED) is 0.849. The van der Waals surface area contributed by atoms with Crippen molar-refractivity contribution in [3.63, 3.8) is 0 Å². The molecule has 2 nitrogen and oxygen atoms in total. The van der Waals surface area contributed by atoms with E-state index in [1.54, 1.807) is 13.2 Å². The van der Waals surface area contributed by atoms with E-state index < -0.39 is 0 Å². The molecule has 3 saturated carbocycles. The van der Waals surface area contributed by atoms with Gasteiger partial charge >= 0.3 is 0 Å². The number of hydrogen-bond donors (Lipinski definition) is 1. The molecule has 86 valence electrons. The van der Waals surface area contributed by atoms with Gasteiger partial charge in [-0.1, -0.05) is 0 Å². The van der Waals surface area contributed by atoms with E-state index in [1.165, 1.54) is 6.07 Å². The Balaban J connectivity index is 1.89. The van der Waals surface area contributed by atoms with Crippen molar-refractivity contribution < 1.29 is 9.13 Å². The van der Waals surface area contributed by atoms with Crippen molar-refractivity contribution in [3.8, 4) is 5.75 Å². The fourth-order valence-corrected chi connectivity index (χ4v) is 3.51. The maximum absolute atomic E-state index is 13.4. The molecule has 2 N–H and O–H groups in total. The topological polar surface area (TPSA) is 35.2 Å². The number of benzene rings is 1. The van der Waals surface area contributed by atoms with Crippen molar-refractivity contribution in [2.24, 2.45) is 11.1 Å². The summed E-state index contributed by atoms with van der Waals surface area (Å²) < 4.78 is 18.5. The summed E-state index contributed by atoms with van der Waals surface area (Å²) in [4.78, 5) is 0. The molecule has 0 spiro atoms. The Bertz CT molecular complexity index is 424. The van der Waals surface area contributed by atoms with E-state index in [-0.39, 0.29) is 11.2 Å². The van der Waals surface area contributed by atoms with Crippen molar-refractivity contribution in [3.05, 3.63) is 29.6 Å². The third-order valence-electron chi connectivity index (χ3n) is 4.29. The lowest BCUT2D eigenvalue weighted by Gasteiger charge is -2.71. The minimum atomic E-state index is -0.208. The monoisotopic (exact) mass is 221 g/mol. The highest BCUT2D eigenvalue weighted by molar-refractivity contribution is 5.42. The van der Waals surface area contributed by atoms with Crippen LogP contribution in [0.25, 0.3) is 0 Å². The maximum atomic E-state index is 13.4. The van der Waals surface area contributed by atoms with Gasteiger partial charge in [-0.05, 0) is 54.3 Å². The van der Waals surface area contributed by atoms with E-state index in [2.05, 4.69) is 0 Å². The predicted molar refractivity (Wildman–Crippen MR) is 60.0 cm³/mol. The highest BCUT2D eigenvalue weighted by atomic mass is 19.1. The number of ether oxygens (including phenoxy) is 1. The molecule has 1 aromatic rings. The van der Waals surface area contributed by atoms with Gasteiger partial charge in [-0.25, -0.2) is 4.39 Å². The molecule has 3 heteroatoms. The fraction of sp³-hybridized carbons (Fsp3) is 0.538. The Labute approximate surface area is 94.6 Å². The number of methoxy groups -OCH3 is 1. The van der Waals surface area contributed by atoms with Crippen LogP contribution in [-0.4, -0.2) is 13.7 Å². The van der Waals surface area contributed by atoms with Gasteiger partial charge in [0.1, 0.15) is 11.6 Å². The summed E-state index contributed by atoms with van der Waals surface area (Å²) in [6.07, 6.45) is 3.34. The zero-order valence-electron chi connectivity index (χ0n) is 9.42. The number of hydrogen-bond acceptors (Lipinski definition) is 2. The van der Waals surface area contributed by atoms with Crippen LogP contribution in [0.1, 0.15) is 24.8 Å². The molecule has 0 aliphatic heterocycles. The first kappa shape index (κ1) is 10.1. The average Bonchev–Trinajstić information content (AvgIpc) is 2.13. The molecular weight excluding hydrogens is 205 g/mol. The molecule has 4 rings (SSSR count). The molecule has 2 bridgehead atoms. The first-order chi connectivity index (χ1) is 7.61. The van der Waals surface area contributed by atoms with E-state index in [4.69, 9.17) is 10.5 Å².